The number of nitrogens with zero attached hydrogens (tertiary/aromatic N) is 3. The monoisotopic (exact) mass is 310 g/mol. The van der Waals surface area contributed by atoms with E-state index in [4.69, 9.17) is 0 Å². The van der Waals surface area contributed by atoms with E-state index in [0.717, 1.165) is 12.1 Å². The normalized spacial score (nSPS) is 18.7. The van der Waals surface area contributed by atoms with Crippen LogP contribution in [0.15, 0.2) is 6.33 Å². The zero-order valence-electron chi connectivity index (χ0n) is 11.8. The lowest BCUT2D eigenvalue weighted by atomic mass is 10.1. The minimum atomic E-state index is -2.86. The Labute approximate surface area is 122 Å². The summed E-state index contributed by atoms with van der Waals surface area (Å²) in [5, 5.41) is 6.39. The van der Waals surface area contributed by atoms with Crippen LogP contribution < -0.4 is 10.6 Å². The van der Waals surface area contributed by atoms with E-state index in [1.807, 2.05) is 6.92 Å². The van der Waals surface area contributed by atoms with E-state index in [0.29, 0.717) is 30.3 Å². The second-order valence-corrected chi connectivity index (χ2v) is 7.40. The predicted molar refractivity (Wildman–Crippen MR) is 81.1 cm³/mol. The van der Waals surface area contributed by atoms with Gasteiger partial charge in [0.05, 0.1) is 17.8 Å². The summed E-state index contributed by atoms with van der Waals surface area (Å²) in [6.45, 7) is 2.69. The molecule has 1 fully saturated rings. The molecule has 0 aliphatic carbocycles. The molecule has 3 rings (SSSR count). The highest BCUT2D eigenvalue weighted by Gasteiger charge is 2.24. The van der Waals surface area contributed by atoms with Crippen LogP contribution in [0.1, 0.15) is 19.8 Å². The molecule has 2 aromatic heterocycles. The topological polar surface area (TPSA) is 113 Å². The molecule has 3 heterocycles. The summed E-state index contributed by atoms with van der Waals surface area (Å²) in [6.07, 6.45) is 2.77. The van der Waals surface area contributed by atoms with E-state index in [1.54, 1.807) is 6.33 Å². The van der Waals surface area contributed by atoms with Gasteiger partial charge in [0.1, 0.15) is 15.4 Å². The van der Waals surface area contributed by atoms with Crippen molar-refractivity contribution in [1.82, 2.24) is 19.9 Å². The average Bonchev–Trinajstić information content (AvgIpc) is 2.90. The molecule has 9 heteroatoms. The molecule has 1 aliphatic heterocycles. The summed E-state index contributed by atoms with van der Waals surface area (Å²) in [5.74, 6) is 1.63. The number of aromatic amines is 1. The largest absolute Gasteiger partial charge is 0.365 e. The number of H-pyrrole nitrogens is 1. The highest BCUT2D eigenvalue weighted by atomic mass is 32.2. The van der Waals surface area contributed by atoms with Crippen LogP contribution in [0.2, 0.25) is 0 Å². The number of imidazole rings is 1. The molecule has 0 saturated carbocycles. The summed E-state index contributed by atoms with van der Waals surface area (Å²) >= 11 is 0. The fraction of sp³-hybridized carbons (Fsp3) is 0.583. The first-order valence-corrected chi connectivity index (χ1v) is 8.81. The maximum absolute atomic E-state index is 11.5. The minimum Gasteiger partial charge on any atom is -0.365 e. The van der Waals surface area contributed by atoms with Gasteiger partial charge in [-0.3, -0.25) is 0 Å². The van der Waals surface area contributed by atoms with Crippen molar-refractivity contribution in [3.63, 3.8) is 0 Å². The highest BCUT2D eigenvalue weighted by Crippen LogP contribution is 2.22. The summed E-state index contributed by atoms with van der Waals surface area (Å²) in [4.78, 5) is 15.9. The smallest absolute Gasteiger partial charge is 0.226 e. The van der Waals surface area contributed by atoms with Gasteiger partial charge in [-0.1, -0.05) is 0 Å². The van der Waals surface area contributed by atoms with Crippen molar-refractivity contribution >= 4 is 32.8 Å². The number of sulfone groups is 1. The predicted octanol–water partition coefficient (Wildman–Crippen LogP) is 0.774. The van der Waals surface area contributed by atoms with Crippen LogP contribution in [0.5, 0.6) is 0 Å². The van der Waals surface area contributed by atoms with Crippen molar-refractivity contribution in [2.75, 3.05) is 28.7 Å². The lowest BCUT2D eigenvalue weighted by Gasteiger charge is -2.23. The van der Waals surface area contributed by atoms with Gasteiger partial charge in [0.2, 0.25) is 5.95 Å². The Balaban J connectivity index is 1.84. The van der Waals surface area contributed by atoms with E-state index < -0.39 is 9.84 Å². The maximum Gasteiger partial charge on any atom is 0.226 e. The van der Waals surface area contributed by atoms with E-state index in [9.17, 15) is 8.42 Å². The first kappa shape index (κ1) is 14.1. The van der Waals surface area contributed by atoms with Crippen LogP contribution in [-0.4, -0.2) is 52.4 Å². The van der Waals surface area contributed by atoms with Crippen molar-refractivity contribution in [1.29, 1.82) is 0 Å². The lowest BCUT2D eigenvalue weighted by Crippen LogP contribution is -2.32. The molecule has 0 radical (unpaired) electrons. The Hall–Kier alpha value is -1.90. The molecule has 8 nitrogen and oxygen atoms in total. The molecular weight excluding hydrogens is 292 g/mol. The summed E-state index contributed by atoms with van der Waals surface area (Å²) < 4.78 is 23.0. The number of anilines is 2. The molecule has 0 amide bonds. The van der Waals surface area contributed by atoms with Crippen molar-refractivity contribution in [3.05, 3.63) is 6.33 Å². The van der Waals surface area contributed by atoms with Crippen LogP contribution >= 0.6 is 0 Å². The fourth-order valence-electron chi connectivity index (χ4n) is 2.40. The van der Waals surface area contributed by atoms with Crippen LogP contribution in [0, 0.1) is 0 Å². The molecule has 114 valence electrons. The van der Waals surface area contributed by atoms with Gasteiger partial charge in [0.25, 0.3) is 0 Å². The molecule has 2 aromatic rings. The molecule has 0 aromatic carbocycles. The standard InChI is InChI=1S/C12H18N6O2S/c1-2-13-12-17-10-9(14-7-15-10)11(18-12)16-8-3-5-21(19,20)6-4-8/h7-8H,2-6H2,1H3,(H3,13,14,15,16,17,18). The minimum absolute atomic E-state index is 0.101. The van der Waals surface area contributed by atoms with Crippen molar-refractivity contribution in [2.45, 2.75) is 25.8 Å². The summed E-state index contributed by atoms with van der Waals surface area (Å²) in [5.41, 5.74) is 1.33. The van der Waals surface area contributed by atoms with Gasteiger partial charge >= 0.3 is 0 Å². The van der Waals surface area contributed by atoms with Crippen molar-refractivity contribution in [2.24, 2.45) is 0 Å². The lowest BCUT2D eigenvalue weighted by molar-refractivity contribution is 0.559. The van der Waals surface area contributed by atoms with E-state index >= 15 is 0 Å². The van der Waals surface area contributed by atoms with Crippen molar-refractivity contribution < 1.29 is 8.42 Å². The average molecular weight is 310 g/mol. The highest BCUT2D eigenvalue weighted by molar-refractivity contribution is 7.91. The third kappa shape index (κ3) is 3.07. The quantitative estimate of drug-likeness (QED) is 0.764. The van der Waals surface area contributed by atoms with Crippen LogP contribution in [0.25, 0.3) is 11.2 Å². The van der Waals surface area contributed by atoms with Gasteiger partial charge in [0, 0.05) is 12.6 Å². The SMILES string of the molecule is CCNc1nc(NC2CCS(=O)(=O)CC2)c2[nH]cnc2n1. The first-order valence-electron chi connectivity index (χ1n) is 6.99. The third-order valence-electron chi connectivity index (χ3n) is 3.52. The number of hydrogen-bond acceptors (Lipinski definition) is 7. The van der Waals surface area contributed by atoms with E-state index in [-0.39, 0.29) is 17.5 Å². The molecule has 0 atom stereocenters. The van der Waals surface area contributed by atoms with Gasteiger partial charge in [-0.25, -0.2) is 13.4 Å². The number of aromatic nitrogens is 4. The Morgan fingerprint density at radius 3 is 2.81 bits per heavy atom. The number of hydrogen-bond donors (Lipinski definition) is 3. The van der Waals surface area contributed by atoms with Crippen LogP contribution in [0.4, 0.5) is 11.8 Å². The first-order chi connectivity index (χ1) is 10.1. The van der Waals surface area contributed by atoms with Gasteiger partial charge in [-0.05, 0) is 19.8 Å². The molecule has 1 saturated heterocycles. The molecule has 1 aliphatic rings. The second-order valence-electron chi connectivity index (χ2n) is 5.10. The molecule has 3 N–H and O–H groups in total. The summed E-state index contributed by atoms with van der Waals surface area (Å²) in [6, 6.07) is 0.101. The Bertz CT molecular complexity index is 727. The molecular formula is C12H18N6O2S. The Morgan fingerprint density at radius 2 is 2.10 bits per heavy atom. The second kappa shape index (κ2) is 5.47. The number of nitrogens with one attached hydrogen (secondary N) is 3. The van der Waals surface area contributed by atoms with Crippen molar-refractivity contribution in [3.8, 4) is 0 Å². The maximum atomic E-state index is 11.5. The van der Waals surface area contributed by atoms with Crippen LogP contribution in [-0.2, 0) is 9.84 Å². The summed E-state index contributed by atoms with van der Waals surface area (Å²) in [7, 11) is -2.86. The third-order valence-corrected chi connectivity index (χ3v) is 5.23. The zero-order valence-corrected chi connectivity index (χ0v) is 12.6. The molecule has 0 bridgehead atoms. The fourth-order valence-corrected chi connectivity index (χ4v) is 3.89. The number of rotatable bonds is 4. The van der Waals surface area contributed by atoms with Gasteiger partial charge in [0.15, 0.2) is 11.5 Å². The Morgan fingerprint density at radius 1 is 1.33 bits per heavy atom. The zero-order chi connectivity index (χ0) is 14.9. The van der Waals surface area contributed by atoms with Gasteiger partial charge in [-0.15, -0.1) is 0 Å². The van der Waals surface area contributed by atoms with Gasteiger partial charge in [-0.2, -0.15) is 9.97 Å². The van der Waals surface area contributed by atoms with E-state index in [1.165, 1.54) is 0 Å². The van der Waals surface area contributed by atoms with Crippen LogP contribution in [0.3, 0.4) is 0 Å². The molecule has 21 heavy (non-hydrogen) atoms. The number of fused-ring (bicyclic) bond motifs is 1. The van der Waals surface area contributed by atoms with E-state index in [2.05, 4.69) is 30.6 Å². The van der Waals surface area contributed by atoms with Gasteiger partial charge < -0.3 is 15.6 Å². The molecule has 0 spiro atoms. The Kier molecular flexibility index (Phi) is 3.66. The molecule has 0 unspecified atom stereocenters.